The Balaban J connectivity index is 0.938. The third-order valence-corrected chi connectivity index (χ3v) is 27.3. The van der Waals surface area contributed by atoms with Crippen LogP contribution < -0.4 is 0 Å². The summed E-state index contributed by atoms with van der Waals surface area (Å²) in [7, 11) is 0. The molecule has 0 aliphatic carbocycles. The maximum Gasteiger partial charge on any atom is 0.187 e. The Morgan fingerprint density at radius 2 is 0.725 bits per heavy atom. The van der Waals surface area contributed by atoms with E-state index in [0.29, 0.717) is 78.5 Å². The fourth-order valence-corrected chi connectivity index (χ4v) is 19.2. The first kappa shape index (κ1) is 103. The number of hydrogen-bond donors (Lipinski definition) is 0. The number of hydrogen-bond acceptors (Lipinski definition) is 25. The van der Waals surface area contributed by atoms with Crippen molar-refractivity contribution in [3.63, 3.8) is 0 Å². The van der Waals surface area contributed by atoms with E-state index in [9.17, 15) is 0 Å². The number of fused-ring (bicyclic) bond motifs is 3. The molecule has 0 aromatic heterocycles. The van der Waals surface area contributed by atoms with E-state index >= 15 is 0 Å². The van der Waals surface area contributed by atoms with Crippen LogP contribution in [0.5, 0.6) is 0 Å². The maximum atomic E-state index is 9.00. The summed E-state index contributed by atoms with van der Waals surface area (Å²) in [4.78, 5) is 2.96. The SMILES string of the molecule is CCCCOCC1O[C@H](OC2[C@@H](O[C@@H]3C(OCCCC)[C@H](OC4[C@@H](OC5[C@@H](OCCCCCN=[N+]=[N-])OC(CC)[C@@H](C)[C@@H]5C)OC(CC)[C@@H](C)[C@@H]4C)OC4COC(c5ccccc5)O[C@H]43)OC(CC)[C@@H](OCCCC)[C@@H]2OCCCC)C(O[C@@H]2OC3COC(c4ccccc4)O[C@H]3[C@H](OCc3ccc4ccccc4c3)C2OCc2ccccc2)[C@@H](OCCCC)[C@@H]1OCCCC. The Kier molecular flexibility index (Phi) is 42.6. The van der Waals surface area contributed by atoms with Gasteiger partial charge in [-0.15, -0.1) is 0 Å². The van der Waals surface area contributed by atoms with Crippen LogP contribution in [-0.4, -0.2) is 232 Å². The maximum absolute atomic E-state index is 9.00. The predicted molar refractivity (Wildman–Crippen MR) is 494 cm³/mol. The topological polar surface area (TPSA) is 270 Å². The quantitative estimate of drug-likeness (QED) is 0.0151. The van der Waals surface area contributed by atoms with Gasteiger partial charge in [-0.3, -0.25) is 0 Å². The molecule has 0 spiro atoms. The lowest BCUT2D eigenvalue weighted by Gasteiger charge is -2.54. The first-order valence-electron chi connectivity index (χ1n) is 50.1. The summed E-state index contributed by atoms with van der Waals surface area (Å²) >= 11 is 0. The summed E-state index contributed by atoms with van der Waals surface area (Å²) in [5.74, 6) is -0.0914. The zero-order valence-corrected chi connectivity index (χ0v) is 80.2. The summed E-state index contributed by atoms with van der Waals surface area (Å²) in [6.07, 6.45) is -10.6. The van der Waals surface area contributed by atoms with Gasteiger partial charge >= 0.3 is 0 Å². The average Bonchev–Trinajstić information content (AvgIpc) is 0.749. The van der Waals surface area contributed by atoms with Crippen molar-refractivity contribution in [2.24, 2.45) is 28.8 Å². The van der Waals surface area contributed by atoms with E-state index in [4.69, 9.17) is 119 Å². The Morgan fingerprint density at radius 1 is 0.321 bits per heavy atom. The minimum absolute atomic E-state index is 0.00149. The molecule has 0 amide bonds. The molecule has 8 aliphatic heterocycles. The lowest BCUT2D eigenvalue weighted by atomic mass is 9.81. The zero-order chi connectivity index (χ0) is 91.8. The monoisotopic (exact) mass is 1830 g/mol. The van der Waals surface area contributed by atoms with Crippen LogP contribution in [0.25, 0.3) is 21.2 Å². The van der Waals surface area contributed by atoms with Crippen LogP contribution in [0.15, 0.2) is 139 Å². The van der Waals surface area contributed by atoms with Crippen molar-refractivity contribution in [3.05, 3.63) is 166 Å². The molecule has 13 rings (SSSR count). The van der Waals surface area contributed by atoms with Gasteiger partial charge in [0, 0.05) is 68.8 Å². The first-order chi connectivity index (χ1) is 64.2. The van der Waals surface area contributed by atoms with Crippen molar-refractivity contribution in [2.45, 2.75) is 391 Å². The standard InChI is InChI=1S/C104H155N3O24/c1-14-23-54-108-64-80-86(110-56-25-16-3)90(112-58-27-18-5)96(130-101-93(116-62-71-43-33-29-34-44-71)91(115-63-72-51-52-73-45-39-40-50-76(73)61-72)87-81(123-101)65-117-97(127-87)74-46-35-30-36-47-74)104(122-80)131-95-89(111-57-26-17-4)85(109-55-24-15-2)79(22-9)121-103(95)129-92-88-82(66-118-98(128-88)75-48-37-31-38-49-75)124-102(94(92)113-59-28-19-6)126-84-70(13)68(11)78(21-8)120-100(84)125-83-69(12)67(10)77(20-7)119-99(83)114-60-42-32-41-53-106-107-105/h29-31,33-40,43-52,61,67-70,77-104H,14-28,32,41-42,53-60,62-66H2,1-13H3/t67-,68-,69-,70-,77?,78?,79?,80?,81?,82?,83?,84?,85+,86+,87+,88+,89-,90-,91-,92-,93?,94?,95?,96?,97?,98?,99-,100+,101-,102-,103+,104+/m0/s1. The molecule has 8 heterocycles. The molecule has 27 heteroatoms. The highest BCUT2D eigenvalue weighted by atomic mass is 16.8. The van der Waals surface area contributed by atoms with E-state index in [1.54, 1.807) is 0 Å². The van der Waals surface area contributed by atoms with Crippen LogP contribution in [0, 0.1) is 23.7 Å². The second-order valence-electron chi connectivity index (χ2n) is 36.8. The van der Waals surface area contributed by atoms with Gasteiger partial charge in [0.15, 0.2) is 50.3 Å². The molecule has 8 saturated heterocycles. The van der Waals surface area contributed by atoms with Crippen molar-refractivity contribution >= 4 is 10.8 Å². The van der Waals surface area contributed by atoms with Crippen LogP contribution in [0.1, 0.15) is 240 Å². The highest BCUT2D eigenvalue weighted by Crippen LogP contribution is 2.47. The normalized spacial score (nSPS) is 35.1. The molecule has 5 aromatic rings. The Labute approximate surface area is 779 Å². The molecule has 0 bridgehead atoms. The largest absolute Gasteiger partial charge is 0.379 e. The van der Waals surface area contributed by atoms with Crippen LogP contribution in [-0.2, 0) is 127 Å². The highest BCUT2D eigenvalue weighted by Gasteiger charge is 2.62. The van der Waals surface area contributed by atoms with Gasteiger partial charge in [-0.1, -0.05) is 267 Å². The van der Waals surface area contributed by atoms with Gasteiger partial charge < -0.3 is 114 Å². The molecule has 8 aliphatic rings. The van der Waals surface area contributed by atoms with E-state index in [0.717, 1.165) is 123 Å². The Hall–Kier alpha value is -5.29. The fraction of sp³-hybridized carbons (Fsp3) is 0.731. The summed E-state index contributed by atoms with van der Waals surface area (Å²) in [6, 6.07) is 44.7. The summed E-state index contributed by atoms with van der Waals surface area (Å²) < 4.78 is 178. The molecule has 0 radical (unpaired) electrons. The van der Waals surface area contributed by atoms with Gasteiger partial charge in [0.05, 0.1) is 51.3 Å². The van der Waals surface area contributed by atoms with Crippen LogP contribution >= 0.6 is 0 Å². The Bertz CT molecular complexity index is 4040. The van der Waals surface area contributed by atoms with Gasteiger partial charge in [0.25, 0.3) is 0 Å². The summed E-state index contributed by atoms with van der Waals surface area (Å²) in [6.45, 7) is 31.9. The molecule has 131 heavy (non-hydrogen) atoms. The molecule has 32 atom stereocenters. The van der Waals surface area contributed by atoms with Gasteiger partial charge in [0.2, 0.25) is 0 Å². The fourth-order valence-electron chi connectivity index (χ4n) is 19.2. The molecule has 0 N–H and O–H groups in total. The molecule has 8 fully saturated rings. The van der Waals surface area contributed by atoms with Crippen LogP contribution in [0.4, 0.5) is 0 Å². The minimum atomic E-state index is -1.39. The summed E-state index contributed by atoms with van der Waals surface area (Å²) in [5, 5.41) is 5.96. The number of rotatable bonds is 53. The van der Waals surface area contributed by atoms with Crippen LogP contribution in [0.2, 0.25) is 0 Å². The van der Waals surface area contributed by atoms with E-state index in [-0.39, 0.29) is 68.9 Å². The molecule has 730 valence electrons. The molecular weight excluding hydrogens is 1680 g/mol. The molecule has 5 aromatic carbocycles. The van der Waals surface area contributed by atoms with Crippen molar-refractivity contribution in [2.75, 3.05) is 72.6 Å². The third-order valence-electron chi connectivity index (χ3n) is 27.3. The van der Waals surface area contributed by atoms with Crippen LogP contribution in [0.3, 0.4) is 0 Å². The van der Waals surface area contributed by atoms with Crippen molar-refractivity contribution in [1.82, 2.24) is 0 Å². The van der Waals surface area contributed by atoms with E-state index in [1.807, 2.05) is 103 Å². The molecule has 14 unspecified atom stereocenters. The van der Waals surface area contributed by atoms with Gasteiger partial charge in [-0.25, -0.2) is 0 Å². The highest BCUT2D eigenvalue weighted by molar-refractivity contribution is 5.83. The first-order valence-corrected chi connectivity index (χ1v) is 50.1. The number of ether oxygens (including phenoxy) is 24. The zero-order valence-electron chi connectivity index (χ0n) is 80.2. The number of unbranched alkanes of at least 4 members (excludes halogenated alkanes) is 8. The number of benzene rings is 5. The summed E-state index contributed by atoms with van der Waals surface area (Å²) in [5.41, 5.74) is 12.5. The smallest absolute Gasteiger partial charge is 0.187 e. The second-order valence-corrected chi connectivity index (χ2v) is 36.8. The molecule has 0 saturated carbocycles. The van der Waals surface area contributed by atoms with Gasteiger partial charge in [-0.2, -0.15) is 0 Å². The Morgan fingerprint density at radius 3 is 1.26 bits per heavy atom. The molecule has 27 nitrogen and oxygen atoms in total. The van der Waals surface area contributed by atoms with Crippen molar-refractivity contribution in [1.29, 1.82) is 0 Å². The number of nitrogens with zero attached hydrogens (tertiary/aromatic N) is 3. The van der Waals surface area contributed by atoms with E-state index in [1.165, 1.54) is 0 Å². The molecular formula is C104H155N3O24. The average molecular weight is 1830 g/mol. The van der Waals surface area contributed by atoms with Crippen molar-refractivity contribution < 1.29 is 114 Å². The lowest BCUT2D eigenvalue weighted by molar-refractivity contribution is -0.429. The predicted octanol–water partition coefficient (Wildman–Crippen LogP) is 19.8. The van der Waals surface area contributed by atoms with Gasteiger partial charge in [-0.05, 0) is 128 Å². The minimum Gasteiger partial charge on any atom is -0.379 e. The van der Waals surface area contributed by atoms with Gasteiger partial charge in [0.1, 0.15) is 104 Å². The van der Waals surface area contributed by atoms with Crippen molar-refractivity contribution in [3.8, 4) is 0 Å². The van der Waals surface area contributed by atoms with E-state index < -0.39 is 160 Å². The van der Waals surface area contributed by atoms with E-state index in [2.05, 4.69) is 130 Å². The number of azide groups is 1. The third kappa shape index (κ3) is 27.6. The lowest BCUT2D eigenvalue weighted by Crippen LogP contribution is -2.70. The second kappa shape index (κ2) is 54.2.